The van der Waals surface area contributed by atoms with Crippen LogP contribution < -0.4 is 0 Å². The fourth-order valence-corrected chi connectivity index (χ4v) is 1.02. The second-order valence-corrected chi connectivity index (χ2v) is 5.81. The van der Waals surface area contributed by atoms with Gasteiger partial charge in [-0.1, -0.05) is 72.4 Å². The van der Waals surface area contributed by atoms with Crippen LogP contribution in [0.4, 0.5) is 0 Å². The van der Waals surface area contributed by atoms with Gasteiger partial charge in [-0.25, -0.2) is 0 Å². The zero-order chi connectivity index (χ0) is 11.4. The first-order valence-corrected chi connectivity index (χ1v) is 5.19. The SMILES string of the molecule is C=C/C=C(\C=C/C(C)(C)C)C(C)(C)C. The Kier molecular flexibility index (Phi) is 4.38. The van der Waals surface area contributed by atoms with E-state index in [1.807, 2.05) is 6.08 Å². The van der Waals surface area contributed by atoms with E-state index >= 15 is 0 Å². The van der Waals surface area contributed by atoms with Gasteiger partial charge in [-0.05, 0) is 16.4 Å². The van der Waals surface area contributed by atoms with E-state index in [4.69, 9.17) is 0 Å². The molecule has 0 saturated carbocycles. The fraction of sp³-hybridized carbons (Fsp3) is 0.571. The highest BCUT2D eigenvalue weighted by Crippen LogP contribution is 2.28. The van der Waals surface area contributed by atoms with Crippen molar-refractivity contribution in [1.82, 2.24) is 0 Å². The van der Waals surface area contributed by atoms with E-state index in [1.54, 1.807) is 0 Å². The molecule has 0 radical (unpaired) electrons. The van der Waals surface area contributed by atoms with Gasteiger partial charge in [0.1, 0.15) is 0 Å². The van der Waals surface area contributed by atoms with Crippen molar-refractivity contribution in [1.29, 1.82) is 0 Å². The highest BCUT2D eigenvalue weighted by Gasteiger charge is 2.14. The van der Waals surface area contributed by atoms with Crippen molar-refractivity contribution in [3.63, 3.8) is 0 Å². The zero-order valence-electron chi connectivity index (χ0n) is 10.5. The zero-order valence-corrected chi connectivity index (χ0v) is 10.5. The molecule has 0 rings (SSSR count). The van der Waals surface area contributed by atoms with Gasteiger partial charge >= 0.3 is 0 Å². The largest absolute Gasteiger partial charge is 0.0991 e. The van der Waals surface area contributed by atoms with Crippen molar-refractivity contribution in [3.8, 4) is 0 Å². The smallest absolute Gasteiger partial charge is 0.0132 e. The standard InChI is InChI=1S/C14H24/c1-8-9-12(14(5,6)7)10-11-13(2,3)4/h8-11H,1H2,2-7H3/b11-10-,12-9+. The molecular formula is C14H24. The van der Waals surface area contributed by atoms with Gasteiger partial charge in [0.2, 0.25) is 0 Å². The lowest BCUT2D eigenvalue weighted by molar-refractivity contribution is 0.509. The van der Waals surface area contributed by atoms with Crippen LogP contribution >= 0.6 is 0 Å². The maximum Gasteiger partial charge on any atom is -0.0132 e. The van der Waals surface area contributed by atoms with Crippen molar-refractivity contribution >= 4 is 0 Å². The normalized spacial score (nSPS) is 14.9. The summed E-state index contributed by atoms with van der Waals surface area (Å²) in [5, 5.41) is 0. The number of hydrogen-bond donors (Lipinski definition) is 0. The maximum absolute atomic E-state index is 3.75. The molecule has 0 bridgehead atoms. The van der Waals surface area contributed by atoms with Crippen LogP contribution in [0.25, 0.3) is 0 Å². The van der Waals surface area contributed by atoms with Crippen molar-refractivity contribution in [2.75, 3.05) is 0 Å². The Balaban J connectivity index is 4.83. The number of rotatable bonds is 2. The van der Waals surface area contributed by atoms with Gasteiger partial charge in [0.15, 0.2) is 0 Å². The first kappa shape index (κ1) is 13.2. The van der Waals surface area contributed by atoms with Crippen LogP contribution in [0.2, 0.25) is 0 Å². The number of allylic oxidation sites excluding steroid dienone is 5. The van der Waals surface area contributed by atoms with Crippen molar-refractivity contribution in [2.45, 2.75) is 41.5 Å². The monoisotopic (exact) mass is 192 g/mol. The van der Waals surface area contributed by atoms with E-state index in [-0.39, 0.29) is 10.8 Å². The molecule has 14 heavy (non-hydrogen) atoms. The molecule has 0 unspecified atom stereocenters. The van der Waals surface area contributed by atoms with Crippen LogP contribution in [0, 0.1) is 10.8 Å². The van der Waals surface area contributed by atoms with Crippen molar-refractivity contribution in [3.05, 3.63) is 36.5 Å². The summed E-state index contributed by atoms with van der Waals surface area (Å²) in [7, 11) is 0. The first-order valence-electron chi connectivity index (χ1n) is 5.19. The quantitative estimate of drug-likeness (QED) is 0.554. The average Bonchev–Trinajstić information content (AvgIpc) is 1.93. The Labute approximate surface area is 89.4 Å². The molecule has 0 heterocycles. The lowest BCUT2D eigenvalue weighted by Crippen LogP contribution is -2.08. The molecule has 0 aliphatic carbocycles. The van der Waals surface area contributed by atoms with E-state index in [1.165, 1.54) is 5.57 Å². The second kappa shape index (κ2) is 4.63. The molecule has 80 valence electrons. The Morgan fingerprint density at radius 3 is 1.79 bits per heavy atom. The second-order valence-electron chi connectivity index (χ2n) is 5.81. The molecular weight excluding hydrogens is 168 g/mol. The molecule has 0 heteroatoms. The summed E-state index contributed by atoms with van der Waals surface area (Å²) in [6.07, 6.45) is 8.39. The Morgan fingerprint density at radius 1 is 1.00 bits per heavy atom. The van der Waals surface area contributed by atoms with Gasteiger partial charge in [0.25, 0.3) is 0 Å². The van der Waals surface area contributed by atoms with Crippen LogP contribution in [0.15, 0.2) is 36.5 Å². The van der Waals surface area contributed by atoms with Gasteiger partial charge < -0.3 is 0 Å². The molecule has 0 N–H and O–H groups in total. The van der Waals surface area contributed by atoms with Gasteiger partial charge in [-0.2, -0.15) is 0 Å². The highest BCUT2D eigenvalue weighted by molar-refractivity contribution is 5.28. The first-order chi connectivity index (χ1) is 6.17. The lowest BCUT2D eigenvalue weighted by Gasteiger charge is -2.21. The molecule has 0 spiro atoms. The molecule has 0 fully saturated rings. The van der Waals surface area contributed by atoms with E-state index in [2.05, 4.69) is 66.3 Å². The molecule has 0 saturated heterocycles. The topological polar surface area (TPSA) is 0 Å². The van der Waals surface area contributed by atoms with E-state index in [9.17, 15) is 0 Å². The minimum Gasteiger partial charge on any atom is -0.0991 e. The Bertz CT molecular complexity index is 238. The lowest BCUT2D eigenvalue weighted by atomic mass is 9.84. The van der Waals surface area contributed by atoms with Crippen LogP contribution in [0.3, 0.4) is 0 Å². The average molecular weight is 192 g/mol. The Morgan fingerprint density at radius 2 is 1.50 bits per heavy atom. The van der Waals surface area contributed by atoms with Gasteiger partial charge in [-0.3, -0.25) is 0 Å². The molecule has 0 aromatic carbocycles. The summed E-state index contributed by atoms with van der Waals surface area (Å²) < 4.78 is 0. The molecule has 0 aromatic heterocycles. The molecule has 0 nitrogen and oxygen atoms in total. The molecule has 0 amide bonds. The minimum absolute atomic E-state index is 0.190. The highest BCUT2D eigenvalue weighted by atomic mass is 14.2. The van der Waals surface area contributed by atoms with Crippen LogP contribution in [0.5, 0.6) is 0 Å². The molecule has 0 aliphatic rings. The summed E-state index contributed by atoms with van der Waals surface area (Å²) in [5.74, 6) is 0. The van der Waals surface area contributed by atoms with Gasteiger partial charge in [0.05, 0.1) is 0 Å². The van der Waals surface area contributed by atoms with E-state index in [0.29, 0.717) is 0 Å². The van der Waals surface area contributed by atoms with Crippen LogP contribution in [-0.2, 0) is 0 Å². The molecule has 0 atom stereocenters. The minimum atomic E-state index is 0.190. The van der Waals surface area contributed by atoms with Crippen LogP contribution in [0.1, 0.15) is 41.5 Å². The predicted octanol–water partition coefficient (Wildman–Crippen LogP) is 4.75. The summed E-state index contributed by atoms with van der Waals surface area (Å²) in [4.78, 5) is 0. The third kappa shape index (κ3) is 5.80. The van der Waals surface area contributed by atoms with Gasteiger partial charge in [-0.15, -0.1) is 0 Å². The third-order valence-electron chi connectivity index (χ3n) is 1.93. The summed E-state index contributed by atoms with van der Waals surface area (Å²) in [6.45, 7) is 17.0. The molecule has 0 aliphatic heterocycles. The summed E-state index contributed by atoms with van der Waals surface area (Å²) in [5.41, 5.74) is 1.75. The summed E-state index contributed by atoms with van der Waals surface area (Å²) in [6, 6.07) is 0. The molecule has 0 aromatic rings. The predicted molar refractivity (Wildman–Crippen MR) is 66.3 cm³/mol. The van der Waals surface area contributed by atoms with E-state index in [0.717, 1.165) is 0 Å². The summed E-state index contributed by atoms with van der Waals surface area (Å²) >= 11 is 0. The maximum atomic E-state index is 3.75. The van der Waals surface area contributed by atoms with Gasteiger partial charge in [0, 0.05) is 0 Å². The third-order valence-corrected chi connectivity index (χ3v) is 1.93. The van der Waals surface area contributed by atoms with Crippen LogP contribution in [-0.4, -0.2) is 0 Å². The van der Waals surface area contributed by atoms with Crippen molar-refractivity contribution in [2.24, 2.45) is 10.8 Å². The van der Waals surface area contributed by atoms with E-state index < -0.39 is 0 Å². The number of hydrogen-bond acceptors (Lipinski definition) is 0. The Hall–Kier alpha value is -0.780. The van der Waals surface area contributed by atoms with Crippen molar-refractivity contribution < 1.29 is 0 Å². The fourth-order valence-electron chi connectivity index (χ4n) is 1.02.